The van der Waals surface area contributed by atoms with E-state index in [0.29, 0.717) is 17.9 Å². The van der Waals surface area contributed by atoms with Crippen LogP contribution in [0.3, 0.4) is 0 Å². The van der Waals surface area contributed by atoms with Crippen LogP contribution in [0.1, 0.15) is 17.0 Å². The van der Waals surface area contributed by atoms with Crippen molar-refractivity contribution in [3.63, 3.8) is 0 Å². The maximum atomic E-state index is 12.8. The van der Waals surface area contributed by atoms with Crippen molar-refractivity contribution in [3.05, 3.63) is 66.2 Å². The predicted molar refractivity (Wildman–Crippen MR) is 90.3 cm³/mol. The van der Waals surface area contributed by atoms with Gasteiger partial charge in [0.1, 0.15) is 11.4 Å². The van der Waals surface area contributed by atoms with Crippen LogP contribution in [0.5, 0.6) is 0 Å². The lowest BCUT2D eigenvalue weighted by atomic mass is 10.2. The summed E-state index contributed by atoms with van der Waals surface area (Å²) >= 11 is 1.64. The molecule has 1 N–H and O–H groups in total. The average molecular weight is 329 g/mol. The number of fused-ring (bicyclic) bond motifs is 1. The van der Waals surface area contributed by atoms with Gasteiger partial charge < -0.3 is 9.73 Å². The van der Waals surface area contributed by atoms with Crippen LogP contribution >= 0.6 is 11.8 Å². The molecule has 0 fully saturated rings. The van der Waals surface area contributed by atoms with Gasteiger partial charge in [-0.25, -0.2) is 4.39 Å². The summed E-state index contributed by atoms with van der Waals surface area (Å²) < 4.78 is 18.3. The first kappa shape index (κ1) is 15.6. The standard InChI is InChI=1S/C18H16FNO2S/c19-14-6-8-15(9-7-14)23-11-3-10-20-18(21)17-12-13-4-1-2-5-16(13)22-17/h1-2,4-9,12H,3,10-11H2,(H,20,21). The summed E-state index contributed by atoms with van der Waals surface area (Å²) in [5.41, 5.74) is 0.713. The summed E-state index contributed by atoms with van der Waals surface area (Å²) in [5.74, 6) is 0.754. The zero-order valence-electron chi connectivity index (χ0n) is 12.4. The van der Waals surface area contributed by atoms with Gasteiger partial charge in [0, 0.05) is 16.8 Å². The molecule has 3 aromatic rings. The van der Waals surface area contributed by atoms with Gasteiger partial charge in [-0.3, -0.25) is 4.79 Å². The van der Waals surface area contributed by atoms with E-state index in [0.717, 1.165) is 22.5 Å². The van der Waals surface area contributed by atoms with Gasteiger partial charge in [0.05, 0.1) is 0 Å². The largest absolute Gasteiger partial charge is 0.451 e. The number of thioether (sulfide) groups is 1. The Balaban J connectivity index is 1.43. The van der Waals surface area contributed by atoms with Crippen LogP contribution in [0, 0.1) is 5.82 Å². The van der Waals surface area contributed by atoms with Gasteiger partial charge in [-0.1, -0.05) is 18.2 Å². The Morgan fingerprint density at radius 2 is 1.91 bits per heavy atom. The van der Waals surface area contributed by atoms with Gasteiger partial charge in [0.25, 0.3) is 5.91 Å². The lowest BCUT2D eigenvalue weighted by Gasteiger charge is -2.03. The molecule has 0 aliphatic rings. The third-order valence-electron chi connectivity index (χ3n) is 3.34. The van der Waals surface area contributed by atoms with Crippen LogP contribution in [-0.2, 0) is 0 Å². The zero-order valence-corrected chi connectivity index (χ0v) is 13.2. The molecule has 0 saturated carbocycles. The van der Waals surface area contributed by atoms with E-state index in [-0.39, 0.29) is 11.7 Å². The summed E-state index contributed by atoms with van der Waals surface area (Å²) in [6.07, 6.45) is 0.827. The highest BCUT2D eigenvalue weighted by Crippen LogP contribution is 2.19. The quantitative estimate of drug-likeness (QED) is 0.535. The van der Waals surface area contributed by atoms with Gasteiger partial charge in [-0.2, -0.15) is 0 Å². The molecule has 5 heteroatoms. The number of hydrogen-bond donors (Lipinski definition) is 1. The second-order valence-electron chi connectivity index (χ2n) is 5.06. The van der Waals surface area contributed by atoms with E-state index in [1.807, 2.05) is 24.3 Å². The lowest BCUT2D eigenvalue weighted by Crippen LogP contribution is -2.24. The van der Waals surface area contributed by atoms with Gasteiger partial charge in [0.15, 0.2) is 5.76 Å². The number of benzene rings is 2. The second kappa shape index (κ2) is 7.33. The number of furan rings is 1. The summed E-state index contributed by atoms with van der Waals surface area (Å²) in [4.78, 5) is 13.1. The first-order valence-electron chi connectivity index (χ1n) is 7.37. The number of hydrogen-bond acceptors (Lipinski definition) is 3. The van der Waals surface area contributed by atoms with Crippen molar-refractivity contribution < 1.29 is 13.6 Å². The fourth-order valence-corrected chi connectivity index (χ4v) is 3.03. The Morgan fingerprint density at radius 3 is 2.70 bits per heavy atom. The molecule has 1 aromatic heterocycles. The molecule has 23 heavy (non-hydrogen) atoms. The Hall–Kier alpha value is -2.27. The summed E-state index contributed by atoms with van der Waals surface area (Å²) in [7, 11) is 0. The maximum Gasteiger partial charge on any atom is 0.287 e. The molecule has 0 unspecified atom stereocenters. The molecule has 0 radical (unpaired) electrons. The molecule has 0 bridgehead atoms. The average Bonchev–Trinajstić information content (AvgIpc) is 3.00. The highest BCUT2D eigenvalue weighted by Gasteiger charge is 2.11. The number of carbonyl (C=O) groups is 1. The minimum absolute atomic E-state index is 0.201. The van der Waals surface area contributed by atoms with E-state index in [1.54, 1.807) is 30.0 Å². The van der Waals surface area contributed by atoms with Crippen molar-refractivity contribution >= 4 is 28.6 Å². The highest BCUT2D eigenvalue weighted by atomic mass is 32.2. The van der Waals surface area contributed by atoms with Crippen molar-refractivity contribution in [2.24, 2.45) is 0 Å². The van der Waals surface area contributed by atoms with Crippen molar-refractivity contribution in [1.29, 1.82) is 0 Å². The first-order valence-corrected chi connectivity index (χ1v) is 8.36. The van der Waals surface area contributed by atoms with Crippen molar-refractivity contribution in [3.8, 4) is 0 Å². The number of rotatable bonds is 6. The monoisotopic (exact) mass is 329 g/mol. The number of amides is 1. The number of halogens is 1. The first-order chi connectivity index (χ1) is 11.2. The van der Waals surface area contributed by atoms with Crippen LogP contribution in [-0.4, -0.2) is 18.2 Å². The topological polar surface area (TPSA) is 42.2 Å². The lowest BCUT2D eigenvalue weighted by molar-refractivity contribution is 0.0928. The van der Waals surface area contributed by atoms with Crippen LogP contribution in [0.25, 0.3) is 11.0 Å². The molecule has 1 heterocycles. The molecule has 0 atom stereocenters. The fourth-order valence-electron chi connectivity index (χ4n) is 2.18. The third-order valence-corrected chi connectivity index (χ3v) is 4.44. The van der Waals surface area contributed by atoms with Crippen LogP contribution in [0.2, 0.25) is 0 Å². The SMILES string of the molecule is O=C(NCCCSc1ccc(F)cc1)c1cc2ccccc2o1. The maximum absolute atomic E-state index is 12.8. The molecule has 3 rings (SSSR count). The van der Waals surface area contributed by atoms with E-state index in [1.165, 1.54) is 12.1 Å². The number of nitrogens with one attached hydrogen (secondary N) is 1. The Bertz CT molecular complexity index is 765. The number of carbonyl (C=O) groups excluding carboxylic acids is 1. The van der Waals surface area contributed by atoms with E-state index in [4.69, 9.17) is 4.42 Å². The summed E-state index contributed by atoms with van der Waals surface area (Å²) in [6.45, 7) is 0.573. The van der Waals surface area contributed by atoms with Gasteiger partial charge in [-0.15, -0.1) is 11.8 Å². The van der Waals surface area contributed by atoms with Crippen LogP contribution < -0.4 is 5.32 Å². The smallest absolute Gasteiger partial charge is 0.287 e. The molecule has 0 saturated heterocycles. The van der Waals surface area contributed by atoms with E-state index in [9.17, 15) is 9.18 Å². The fraction of sp³-hybridized carbons (Fsp3) is 0.167. The van der Waals surface area contributed by atoms with Gasteiger partial charge in [-0.05, 0) is 48.6 Å². The summed E-state index contributed by atoms with van der Waals surface area (Å²) in [5, 5.41) is 3.77. The molecular formula is C18H16FNO2S. The summed E-state index contributed by atoms with van der Waals surface area (Å²) in [6, 6.07) is 15.7. The van der Waals surface area contributed by atoms with Crippen molar-refractivity contribution in [2.45, 2.75) is 11.3 Å². The van der Waals surface area contributed by atoms with Crippen molar-refractivity contribution in [2.75, 3.05) is 12.3 Å². The molecule has 0 aliphatic heterocycles. The van der Waals surface area contributed by atoms with Gasteiger partial charge >= 0.3 is 0 Å². The van der Waals surface area contributed by atoms with Crippen LogP contribution in [0.15, 0.2) is 63.9 Å². The third kappa shape index (κ3) is 4.13. The molecule has 0 aliphatic carbocycles. The highest BCUT2D eigenvalue weighted by molar-refractivity contribution is 7.99. The molecular weight excluding hydrogens is 313 g/mol. The Morgan fingerprint density at radius 1 is 1.13 bits per heavy atom. The predicted octanol–water partition coefficient (Wildman–Crippen LogP) is 4.48. The number of para-hydroxylation sites is 1. The Kier molecular flexibility index (Phi) is 4.98. The van der Waals surface area contributed by atoms with Crippen LogP contribution in [0.4, 0.5) is 4.39 Å². The minimum Gasteiger partial charge on any atom is -0.451 e. The molecule has 1 amide bonds. The van der Waals surface area contributed by atoms with Crippen molar-refractivity contribution in [1.82, 2.24) is 5.32 Å². The minimum atomic E-state index is -0.229. The molecule has 3 nitrogen and oxygen atoms in total. The molecule has 2 aromatic carbocycles. The van der Waals surface area contributed by atoms with E-state index in [2.05, 4.69) is 5.32 Å². The van der Waals surface area contributed by atoms with E-state index >= 15 is 0 Å². The second-order valence-corrected chi connectivity index (χ2v) is 6.23. The van der Waals surface area contributed by atoms with Gasteiger partial charge in [0.2, 0.25) is 0 Å². The zero-order chi connectivity index (χ0) is 16.1. The van der Waals surface area contributed by atoms with E-state index < -0.39 is 0 Å². The Labute approximate surface area is 137 Å². The normalized spacial score (nSPS) is 10.8. The molecule has 0 spiro atoms. The molecule has 118 valence electrons.